The lowest BCUT2D eigenvalue weighted by Crippen LogP contribution is -2.00. The van der Waals surface area contributed by atoms with Crippen molar-refractivity contribution in [2.75, 3.05) is 7.11 Å². The third kappa shape index (κ3) is 4.52. The molecule has 1 aliphatic carbocycles. The number of nitriles is 1. The maximum absolute atomic E-state index is 9.62. The second-order valence-electron chi connectivity index (χ2n) is 7.07. The van der Waals surface area contributed by atoms with Crippen LogP contribution in [0, 0.1) is 14.9 Å². The number of thiophene rings is 1. The Labute approximate surface area is 194 Å². The van der Waals surface area contributed by atoms with E-state index < -0.39 is 0 Å². The molecule has 0 amide bonds. The van der Waals surface area contributed by atoms with Crippen molar-refractivity contribution in [3.05, 3.63) is 73.2 Å². The standard InChI is InChI=1S/C24H21IN2O2S/c1-28-21-12-17(11-20(25)23(21)29-15-16-7-3-2-4-8-16)14-27-24-19(13-26)18-9-5-6-10-22(18)30-24/h2-4,7-8,11-12,14H,5-6,9-10,15H2,1H3. The van der Waals surface area contributed by atoms with Crippen LogP contribution >= 0.6 is 33.9 Å². The van der Waals surface area contributed by atoms with Crippen molar-refractivity contribution in [2.24, 2.45) is 4.99 Å². The van der Waals surface area contributed by atoms with Crippen LogP contribution in [0.3, 0.4) is 0 Å². The summed E-state index contributed by atoms with van der Waals surface area (Å²) in [7, 11) is 1.64. The van der Waals surface area contributed by atoms with Gasteiger partial charge in [0.2, 0.25) is 0 Å². The van der Waals surface area contributed by atoms with Crippen LogP contribution in [0.5, 0.6) is 11.5 Å². The van der Waals surface area contributed by atoms with Gasteiger partial charge in [0.25, 0.3) is 0 Å². The van der Waals surface area contributed by atoms with Crippen molar-refractivity contribution in [3.63, 3.8) is 0 Å². The zero-order valence-electron chi connectivity index (χ0n) is 16.7. The topological polar surface area (TPSA) is 54.6 Å². The molecule has 152 valence electrons. The van der Waals surface area contributed by atoms with Crippen LogP contribution in [0.1, 0.15) is 40.0 Å². The molecule has 2 aromatic carbocycles. The number of methoxy groups -OCH3 is 1. The summed E-state index contributed by atoms with van der Waals surface area (Å²) >= 11 is 3.91. The lowest BCUT2D eigenvalue weighted by molar-refractivity contribution is 0.282. The molecule has 0 bridgehead atoms. The summed E-state index contributed by atoms with van der Waals surface area (Å²) in [6.45, 7) is 0.479. The third-order valence-electron chi connectivity index (χ3n) is 5.07. The fraction of sp³-hybridized carbons (Fsp3) is 0.250. The third-order valence-corrected chi connectivity index (χ3v) is 7.07. The number of fused-ring (bicyclic) bond motifs is 1. The van der Waals surface area contributed by atoms with Gasteiger partial charge in [0.1, 0.15) is 17.7 Å². The van der Waals surface area contributed by atoms with Crippen molar-refractivity contribution in [2.45, 2.75) is 32.3 Å². The Hall–Kier alpha value is -2.37. The highest BCUT2D eigenvalue weighted by atomic mass is 127. The molecule has 1 aliphatic rings. The molecule has 4 nitrogen and oxygen atoms in total. The van der Waals surface area contributed by atoms with Crippen LogP contribution in [0.25, 0.3) is 0 Å². The van der Waals surface area contributed by atoms with Crippen LogP contribution in [0.2, 0.25) is 0 Å². The summed E-state index contributed by atoms with van der Waals surface area (Å²) in [5, 5.41) is 10.4. The van der Waals surface area contributed by atoms with Crippen molar-refractivity contribution >= 4 is 45.1 Å². The Kier molecular flexibility index (Phi) is 6.70. The van der Waals surface area contributed by atoms with Gasteiger partial charge < -0.3 is 9.47 Å². The summed E-state index contributed by atoms with van der Waals surface area (Å²) < 4.78 is 12.6. The van der Waals surface area contributed by atoms with Crippen molar-refractivity contribution in [3.8, 4) is 17.6 Å². The normalized spacial score (nSPS) is 13.1. The van der Waals surface area contributed by atoms with Crippen molar-refractivity contribution in [1.82, 2.24) is 0 Å². The van der Waals surface area contributed by atoms with Gasteiger partial charge in [0.15, 0.2) is 11.5 Å². The van der Waals surface area contributed by atoms with Gasteiger partial charge in [-0.05, 0) is 77.1 Å². The maximum atomic E-state index is 9.62. The molecule has 0 radical (unpaired) electrons. The highest BCUT2D eigenvalue weighted by Crippen LogP contribution is 2.39. The van der Waals surface area contributed by atoms with E-state index in [1.54, 1.807) is 18.4 Å². The highest BCUT2D eigenvalue weighted by Gasteiger charge is 2.20. The van der Waals surface area contributed by atoms with E-state index in [1.165, 1.54) is 16.9 Å². The quantitative estimate of drug-likeness (QED) is 0.273. The molecule has 1 heterocycles. The minimum Gasteiger partial charge on any atom is -0.493 e. The molecule has 0 saturated heterocycles. The fourth-order valence-electron chi connectivity index (χ4n) is 3.57. The molecular weight excluding hydrogens is 507 g/mol. The largest absolute Gasteiger partial charge is 0.493 e. The van der Waals surface area contributed by atoms with Crippen LogP contribution < -0.4 is 9.47 Å². The first kappa shape index (κ1) is 20.9. The maximum Gasteiger partial charge on any atom is 0.174 e. The Balaban J connectivity index is 1.58. The van der Waals surface area contributed by atoms with Gasteiger partial charge in [-0.1, -0.05) is 30.3 Å². The van der Waals surface area contributed by atoms with Gasteiger partial charge in [0, 0.05) is 11.1 Å². The lowest BCUT2D eigenvalue weighted by Gasteiger charge is -2.13. The van der Waals surface area contributed by atoms with E-state index in [9.17, 15) is 5.26 Å². The summed E-state index contributed by atoms with van der Waals surface area (Å²) in [4.78, 5) is 5.98. The number of aryl methyl sites for hydroxylation is 1. The van der Waals surface area contributed by atoms with Crippen LogP contribution in [-0.2, 0) is 19.4 Å². The average Bonchev–Trinajstić information content (AvgIpc) is 3.14. The van der Waals surface area contributed by atoms with Crippen LogP contribution in [0.15, 0.2) is 47.5 Å². The monoisotopic (exact) mass is 528 g/mol. The first-order valence-electron chi connectivity index (χ1n) is 9.82. The van der Waals surface area contributed by atoms with E-state index >= 15 is 0 Å². The molecular formula is C24H21IN2O2S. The molecule has 1 aromatic heterocycles. The number of hydrogen-bond donors (Lipinski definition) is 0. The van der Waals surface area contributed by atoms with Gasteiger partial charge in [-0.15, -0.1) is 11.3 Å². The number of nitrogens with zero attached hydrogens (tertiary/aromatic N) is 2. The lowest BCUT2D eigenvalue weighted by atomic mass is 9.96. The molecule has 0 spiro atoms. The van der Waals surface area contributed by atoms with Gasteiger partial charge in [-0.2, -0.15) is 5.26 Å². The molecule has 0 unspecified atom stereocenters. The number of benzene rings is 2. The SMILES string of the molecule is COc1cc(C=Nc2sc3c(c2C#N)CCCC3)cc(I)c1OCc1ccccc1. The molecule has 0 aliphatic heterocycles. The van der Waals surface area contributed by atoms with Gasteiger partial charge in [0.05, 0.1) is 16.2 Å². The summed E-state index contributed by atoms with van der Waals surface area (Å²) in [6.07, 6.45) is 6.21. The minimum absolute atomic E-state index is 0.479. The Morgan fingerprint density at radius 2 is 2.00 bits per heavy atom. The Morgan fingerprint density at radius 1 is 1.20 bits per heavy atom. The number of aliphatic imine (C=N–C) groups is 1. The van der Waals surface area contributed by atoms with E-state index in [-0.39, 0.29) is 0 Å². The minimum atomic E-state index is 0.479. The Bertz CT molecular complexity index is 1120. The summed E-state index contributed by atoms with van der Waals surface area (Å²) in [6, 6.07) is 16.4. The van der Waals surface area contributed by atoms with Crippen LogP contribution in [-0.4, -0.2) is 13.3 Å². The summed E-state index contributed by atoms with van der Waals surface area (Å²) in [5.41, 5.74) is 3.97. The molecule has 6 heteroatoms. The smallest absolute Gasteiger partial charge is 0.174 e. The Morgan fingerprint density at radius 3 is 2.77 bits per heavy atom. The molecule has 30 heavy (non-hydrogen) atoms. The first-order chi connectivity index (χ1) is 14.7. The van der Waals surface area contributed by atoms with Crippen LogP contribution in [0.4, 0.5) is 5.00 Å². The number of hydrogen-bond acceptors (Lipinski definition) is 5. The molecule has 0 saturated carbocycles. The van der Waals surface area contributed by atoms with Gasteiger partial charge >= 0.3 is 0 Å². The molecule has 0 N–H and O–H groups in total. The predicted molar refractivity (Wildman–Crippen MR) is 129 cm³/mol. The van der Waals surface area contributed by atoms with E-state index in [4.69, 9.17) is 9.47 Å². The van der Waals surface area contributed by atoms with Crippen molar-refractivity contribution < 1.29 is 9.47 Å². The molecule has 0 atom stereocenters. The van der Waals surface area contributed by atoms with Gasteiger partial charge in [-0.3, -0.25) is 0 Å². The second-order valence-corrected chi connectivity index (χ2v) is 9.32. The zero-order chi connectivity index (χ0) is 20.9. The first-order valence-corrected chi connectivity index (χ1v) is 11.7. The average molecular weight is 528 g/mol. The predicted octanol–water partition coefficient (Wildman–Crippen LogP) is 6.44. The highest BCUT2D eigenvalue weighted by molar-refractivity contribution is 14.1. The van der Waals surface area contributed by atoms with E-state index in [0.717, 1.165) is 50.3 Å². The van der Waals surface area contributed by atoms with Gasteiger partial charge in [-0.25, -0.2) is 4.99 Å². The summed E-state index contributed by atoms with van der Waals surface area (Å²) in [5.74, 6) is 1.40. The number of rotatable bonds is 6. The van der Waals surface area contributed by atoms with Crippen molar-refractivity contribution in [1.29, 1.82) is 5.26 Å². The fourth-order valence-corrected chi connectivity index (χ4v) is 5.54. The van der Waals surface area contributed by atoms with E-state index in [2.05, 4.69) is 33.7 Å². The molecule has 3 aromatic rings. The molecule has 0 fully saturated rings. The zero-order valence-corrected chi connectivity index (χ0v) is 19.6. The number of ether oxygens (including phenoxy) is 2. The molecule has 4 rings (SSSR count). The second kappa shape index (κ2) is 9.63. The van der Waals surface area contributed by atoms with E-state index in [1.807, 2.05) is 48.7 Å². The number of halogens is 1. The van der Waals surface area contributed by atoms with E-state index in [0.29, 0.717) is 12.4 Å².